The van der Waals surface area contributed by atoms with Gasteiger partial charge in [0.25, 0.3) is 0 Å². The third-order valence-electron chi connectivity index (χ3n) is 6.88. The van der Waals surface area contributed by atoms with Gasteiger partial charge in [0.05, 0.1) is 29.4 Å². The average Bonchev–Trinajstić information content (AvgIpc) is 3.68. The number of rotatable bonds is 4. The Morgan fingerprint density at radius 2 is 1.06 bits per heavy atom. The van der Waals surface area contributed by atoms with Crippen LogP contribution >= 0.6 is 0 Å². The minimum Gasteiger partial charge on any atom is -0.478 e. The number of carbonyl (C=O) groups is 2. The van der Waals surface area contributed by atoms with Crippen molar-refractivity contribution in [2.45, 2.75) is 13.8 Å². The summed E-state index contributed by atoms with van der Waals surface area (Å²) >= 11 is 0. The molecule has 0 saturated heterocycles. The molecule has 0 amide bonds. The number of hydrogen-bond donors (Lipinski definition) is 1. The maximum Gasteiger partial charge on any atom is 0.337 e. The Morgan fingerprint density at radius 3 is 1.51 bits per heavy atom. The summed E-state index contributed by atoms with van der Waals surface area (Å²) in [5.74, 6) is 12.1. The van der Waals surface area contributed by atoms with Gasteiger partial charge in [-0.25, -0.2) is 9.59 Å². The van der Waals surface area contributed by atoms with Crippen LogP contribution in [-0.4, -0.2) is 34.5 Å². The van der Waals surface area contributed by atoms with Crippen LogP contribution in [0.5, 0.6) is 0 Å². The third kappa shape index (κ3) is 7.91. The van der Waals surface area contributed by atoms with E-state index in [9.17, 15) is 9.59 Å². The normalized spacial score (nSPS) is 9.94. The standard InChI is InChI=1S/C20H15NO3.C19H13NO3/c1-14-18(19(21-24-14)16-8-4-3-5-9-16)12-11-15-7-6-10-17(13-15)20(22)23-2;1-13-17(18(20-23-13)15-7-3-2-4-8-15)11-10-14-6-5-9-16(12-14)19(21)22/h3-10,13H,1-2H3;2-9,12H,1H3,(H,21,22). The van der Waals surface area contributed by atoms with E-state index in [2.05, 4.69) is 34.0 Å². The summed E-state index contributed by atoms with van der Waals surface area (Å²) in [6.45, 7) is 3.63. The number of aromatic nitrogens is 2. The van der Waals surface area contributed by atoms with Gasteiger partial charge in [0.2, 0.25) is 0 Å². The Kier molecular flexibility index (Phi) is 10.1. The zero-order valence-electron chi connectivity index (χ0n) is 25.8. The molecule has 230 valence electrons. The van der Waals surface area contributed by atoms with Gasteiger partial charge >= 0.3 is 11.9 Å². The summed E-state index contributed by atoms with van der Waals surface area (Å²) in [4.78, 5) is 22.6. The zero-order chi connectivity index (χ0) is 33.2. The van der Waals surface area contributed by atoms with Gasteiger partial charge in [0.15, 0.2) is 0 Å². The fraction of sp³-hybridized carbons (Fsp3) is 0.0769. The SMILES string of the molecule is COC(=O)c1cccc(C#Cc2c(-c3ccccc3)noc2C)c1.Cc1onc(-c2ccccc2)c1C#Cc1cccc(C(=O)O)c1. The van der Waals surface area contributed by atoms with Crippen LogP contribution in [-0.2, 0) is 4.74 Å². The van der Waals surface area contributed by atoms with Crippen molar-refractivity contribution in [2.75, 3.05) is 7.11 Å². The van der Waals surface area contributed by atoms with Crippen LogP contribution in [0.25, 0.3) is 22.5 Å². The number of nitrogens with zero attached hydrogens (tertiary/aromatic N) is 2. The summed E-state index contributed by atoms with van der Waals surface area (Å²) < 4.78 is 15.3. The van der Waals surface area contributed by atoms with Crippen molar-refractivity contribution in [3.05, 3.63) is 154 Å². The largest absolute Gasteiger partial charge is 0.478 e. The summed E-state index contributed by atoms with van der Waals surface area (Å²) in [7, 11) is 1.35. The van der Waals surface area contributed by atoms with Crippen LogP contribution in [0.4, 0.5) is 0 Å². The lowest BCUT2D eigenvalue weighted by atomic mass is 10.1. The number of carboxylic acids is 1. The molecule has 1 N–H and O–H groups in total. The van der Waals surface area contributed by atoms with Crippen molar-refractivity contribution in [3.63, 3.8) is 0 Å². The Morgan fingerprint density at radius 1 is 0.617 bits per heavy atom. The molecule has 0 aliphatic carbocycles. The highest BCUT2D eigenvalue weighted by Gasteiger charge is 2.14. The lowest BCUT2D eigenvalue weighted by Gasteiger charge is -1.99. The van der Waals surface area contributed by atoms with Gasteiger partial charge in [-0.3, -0.25) is 0 Å². The molecule has 0 radical (unpaired) electrons. The van der Waals surface area contributed by atoms with Gasteiger partial charge in [-0.1, -0.05) is 107 Å². The van der Waals surface area contributed by atoms with E-state index in [1.54, 1.807) is 43.3 Å². The van der Waals surface area contributed by atoms with Crippen molar-refractivity contribution in [1.29, 1.82) is 0 Å². The van der Waals surface area contributed by atoms with E-state index in [0.717, 1.165) is 22.3 Å². The first kappa shape index (κ1) is 31.8. The number of carboxylic acid groups (broad SMARTS) is 1. The average molecular weight is 621 g/mol. The molecule has 2 heterocycles. The van der Waals surface area contributed by atoms with E-state index < -0.39 is 5.97 Å². The molecular weight excluding hydrogens is 592 g/mol. The quantitative estimate of drug-likeness (QED) is 0.158. The molecule has 0 fully saturated rings. The molecule has 47 heavy (non-hydrogen) atoms. The number of carbonyl (C=O) groups excluding carboxylic acids is 1. The Balaban J connectivity index is 0.000000185. The first-order chi connectivity index (χ1) is 22.8. The molecule has 0 spiro atoms. The maximum absolute atomic E-state index is 11.6. The van der Waals surface area contributed by atoms with E-state index in [-0.39, 0.29) is 11.5 Å². The van der Waals surface area contributed by atoms with E-state index >= 15 is 0 Å². The summed E-state index contributed by atoms with van der Waals surface area (Å²) in [5.41, 5.74) is 6.74. The van der Waals surface area contributed by atoms with Crippen LogP contribution in [0.15, 0.2) is 118 Å². The lowest BCUT2D eigenvalue weighted by Crippen LogP contribution is -2.00. The molecule has 0 atom stereocenters. The van der Waals surface area contributed by atoms with Crippen LogP contribution < -0.4 is 0 Å². The van der Waals surface area contributed by atoms with Crippen molar-refractivity contribution >= 4 is 11.9 Å². The minimum atomic E-state index is -0.972. The second-order valence-corrected chi connectivity index (χ2v) is 10.1. The number of aromatic carboxylic acids is 1. The van der Waals surface area contributed by atoms with Crippen LogP contribution in [0, 0.1) is 37.5 Å². The molecule has 0 unspecified atom stereocenters. The monoisotopic (exact) mass is 620 g/mol. The highest BCUT2D eigenvalue weighted by atomic mass is 16.5. The fourth-order valence-corrected chi connectivity index (χ4v) is 4.47. The van der Waals surface area contributed by atoms with Crippen LogP contribution in [0.1, 0.15) is 54.5 Å². The van der Waals surface area contributed by atoms with Gasteiger partial charge in [-0.05, 0) is 50.2 Å². The number of ether oxygens (including phenoxy) is 1. The first-order valence-corrected chi connectivity index (χ1v) is 14.4. The minimum absolute atomic E-state index is 0.210. The van der Waals surface area contributed by atoms with Gasteiger partial charge in [-0.2, -0.15) is 0 Å². The Bertz CT molecular complexity index is 2160. The number of aryl methyl sites for hydroxylation is 2. The predicted octanol–water partition coefficient (Wildman–Crippen LogP) is 7.58. The highest BCUT2D eigenvalue weighted by molar-refractivity contribution is 5.89. The predicted molar refractivity (Wildman–Crippen MR) is 176 cm³/mol. The van der Waals surface area contributed by atoms with Gasteiger partial charge in [-0.15, -0.1) is 0 Å². The fourth-order valence-electron chi connectivity index (χ4n) is 4.47. The van der Waals surface area contributed by atoms with Crippen LogP contribution in [0.2, 0.25) is 0 Å². The number of hydrogen-bond acceptors (Lipinski definition) is 7. The molecule has 0 aliphatic heterocycles. The molecule has 6 rings (SSSR count). The summed E-state index contributed by atoms with van der Waals surface area (Å²) in [6.07, 6.45) is 0. The van der Waals surface area contributed by atoms with Crippen LogP contribution in [0.3, 0.4) is 0 Å². The van der Waals surface area contributed by atoms with E-state index in [0.29, 0.717) is 39.6 Å². The second-order valence-electron chi connectivity index (χ2n) is 10.1. The molecule has 8 heteroatoms. The van der Waals surface area contributed by atoms with Gasteiger partial charge in [0.1, 0.15) is 22.9 Å². The van der Waals surface area contributed by atoms with E-state index in [4.69, 9.17) is 18.9 Å². The molecule has 0 bridgehead atoms. The molecule has 0 aliphatic rings. The maximum atomic E-state index is 11.6. The van der Waals surface area contributed by atoms with Crippen molar-refractivity contribution in [1.82, 2.24) is 10.3 Å². The van der Waals surface area contributed by atoms with Crippen molar-refractivity contribution < 1.29 is 28.5 Å². The second kappa shape index (κ2) is 14.9. The topological polar surface area (TPSA) is 116 Å². The molecule has 8 nitrogen and oxygen atoms in total. The number of esters is 1. The molecular formula is C39H28N2O6. The summed E-state index contributed by atoms with van der Waals surface area (Å²) in [6, 6.07) is 32.9. The third-order valence-corrected chi connectivity index (χ3v) is 6.88. The smallest absolute Gasteiger partial charge is 0.337 e. The van der Waals surface area contributed by atoms with Gasteiger partial charge < -0.3 is 18.9 Å². The lowest BCUT2D eigenvalue weighted by molar-refractivity contribution is 0.0599. The molecule has 0 saturated carbocycles. The highest BCUT2D eigenvalue weighted by Crippen LogP contribution is 2.25. The molecule has 2 aromatic heterocycles. The van der Waals surface area contributed by atoms with E-state index in [1.165, 1.54) is 13.2 Å². The zero-order valence-corrected chi connectivity index (χ0v) is 25.8. The van der Waals surface area contributed by atoms with Crippen molar-refractivity contribution in [3.8, 4) is 46.2 Å². The number of methoxy groups -OCH3 is 1. The Labute approximate surface area is 271 Å². The first-order valence-electron chi connectivity index (χ1n) is 14.4. The van der Waals surface area contributed by atoms with Gasteiger partial charge in [0, 0.05) is 22.3 Å². The molecule has 4 aromatic carbocycles. The molecule has 6 aromatic rings. The van der Waals surface area contributed by atoms with E-state index in [1.807, 2.05) is 73.7 Å². The summed E-state index contributed by atoms with van der Waals surface area (Å²) in [5, 5.41) is 17.2. The Hall–Kier alpha value is -6.64. The number of benzene rings is 4. The van der Waals surface area contributed by atoms with Crippen molar-refractivity contribution in [2.24, 2.45) is 0 Å².